The predicted octanol–water partition coefficient (Wildman–Crippen LogP) is -0.152. The minimum Gasteiger partial charge on any atom is -0.395 e. The van der Waals surface area contributed by atoms with Crippen LogP contribution in [-0.2, 0) is 20.0 Å². The highest BCUT2D eigenvalue weighted by atomic mass is 35.5. The van der Waals surface area contributed by atoms with Gasteiger partial charge in [0.25, 0.3) is 0 Å². The van der Waals surface area contributed by atoms with Crippen LogP contribution in [0, 0.1) is 0 Å². The van der Waals surface area contributed by atoms with Gasteiger partial charge in [0.1, 0.15) is 0 Å². The first-order chi connectivity index (χ1) is 5.81. The van der Waals surface area contributed by atoms with E-state index in [-0.39, 0.29) is 25.1 Å². The first-order valence-electron chi connectivity index (χ1n) is 4.14. The summed E-state index contributed by atoms with van der Waals surface area (Å²) in [5, 5.41) is 12.2. The standard InChI is InChI=1S/C8H13N3O.ClH/c1-11-5-10-7-3-9-6(4-12)2-8(7)11;/h5-6,9,12H,2-4H2,1H3;1H. The summed E-state index contributed by atoms with van der Waals surface area (Å²) in [6.45, 7) is 0.978. The SMILES string of the molecule is Cl.Cn1cnc2c1CC(CO)NC2. The van der Waals surface area contributed by atoms with Crippen LogP contribution in [0.3, 0.4) is 0 Å². The zero-order valence-electron chi connectivity index (χ0n) is 7.53. The fraction of sp³-hybridized carbons (Fsp3) is 0.625. The van der Waals surface area contributed by atoms with Gasteiger partial charge in [0.15, 0.2) is 0 Å². The Morgan fingerprint density at radius 2 is 2.54 bits per heavy atom. The molecule has 4 nitrogen and oxygen atoms in total. The van der Waals surface area contributed by atoms with Crippen molar-refractivity contribution in [3.63, 3.8) is 0 Å². The third kappa shape index (κ3) is 1.85. The Labute approximate surface area is 83.4 Å². The Kier molecular flexibility index (Phi) is 3.30. The molecular weight excluding hydrogens is 190 g/mol. The molecule has 0 saturated heterocycles. The predicted molar refractivity (Wildman–Crippen MR) is 51.9 cm³/mol. The molecule has 0 aliphatic carbocycles. The molecule has 2 rings (SSSR count). The Hall–Kier alpha value is -0.580. The second-order valence-corrected chi connectivity index (χ2v) is 3.21. The summed E-state index contributed by atoms with van der Waals surface area (Å²) in [5.41, 5.74) is 2.36. The summed E-state index contributed by atoms with van der Waals surface area (Å²) >= 11 is 0. The molecule has 1 aliphatic rings. The largest absolute Gasteiger partial charge is 0.395 e. The van der Waals surface area contributed by atoms with Crippen molar-refractivity contribution >= 4 is 12.4 Å². The third-order valence-corrected chi connectivity index (χ3v) is 2.36. The van der Waals surface area contributed by atoms with Gasteiger partial charge in [-0.15, -0.1) is 12.4 Å². The third-order valence-electron chi connectivity index (χ3n) is 2.36. The number of aliphatic hydroxyl groups excluding tert-OH is 1. The number of rotatable bonds is 1. The minimum absolute atomic E-state index is 0. The molecule has 0 amide bonds. The summed E-state index contributed by atoms with van der Waals surface area (Å²) in [6, 6.07) is 0.202. The fourth-order valence-corrected chi connectivity index (χ4v) is 1.59. The molecule has 0 aromatic carbocycles. The Bertz CT molecular complexity index is 287. The molecule has 0 bridgehead atoms. The van der Waals surface area contributed by atoms with Gasteiger partial charge in [-0.1, -0.05) is 0 Å². The van der Waals surface area contributed by atoms with E-state index in [1.165, 1.54) is 5.69 Å². The Balaban J connectivity index is 0.000000845. The summed E-state index contributed by atoms with van der Waals surface area (Å²) in [5.74, 6) is 0. The van der Waals surface area contributed by atoms with Gasteiger partial charge in [0, 0.05) is 31.7 Å². The molecule has 0 spiro atoms. The molecular formula is C8H14ClN3O. The van der Waals surface area contributed by atoms with Crippen molar-refractivity contribution in [3.8, 4) is 0 Å². The van der Waals surface area contributed by atoms with Crippen molar-refractivity contribution in [2.45, 2.75) is 19.0 Å². The summed E-state index contributed by atoms with van der Waals surface area (Å²) in [6.07, 6.45) is 2.70. The van der Waals surface area contributed by atoms with Crippen LogP contribution >= 0.6 is 12.4 Å². The quantitative estimate of drug-likeness (QED) is 0.668. The lowest BCUT2D eigenvalue weighted by atomic mass is 10.1. The summed E-state index contributed by atoms with van der Waals surface area (Å²) in [4.78, 5) is 4.24. The van der Waals surface area contributed by atoms with Crippen LogP contribution < -0.4 is 5.32 Å². The Morgan fingerprint density at radius 1 is 1.77 bits per heavy atom. The van der Waals surface area contributed by atoms with Gasteiger partial charge in [0.05, 0.1) is 18.6 Å². The molecule has 2 N–H and O–H groups in total. The van der Waals surface area contributed by atoms with Crippen LogP contribution in [0.5, 0.6) is 0 Å². The zero-order chi connectivity index (χ0) is 8.55. The number of hydrogen-bond donors (Lipinski definition) is 2. The van der Waals surface area contributed by atoms with E-state index in [4.69, 9.17) is 5.11 Å². The van der Waals surface area contributed by atoms with E-state index in [9.17, 15) is 0 Å². The number of nitrogens with zero attached hydrogens (tertiary/aromatic N) is 2. The smallest absolute Gasteiger partial charge is 0.0949 e. The number of fused-ring (bicyclic) bond motifs is 1. The first kappa shape index (κ1) is 10.5. The highest BCUT2D eigenvalue weighted by Gasteiger charge is 2.20. The lowest BCUT2D eigenvalue weighted by Gasteiger charge is -2.21. The second-order valence-electron chi connectivity index (χ2n) is 3.21. The zero-order valence-corrected chi connectivity index (χ0v) is 8.34. The number of aliphatic hydroxyl groups is 1. The molecule has 0 fully saturated rings. The van der Waals surface area contributed by atoms with Crippen molar-refractivity contribution in [2.75, 3.05) is 6.61 Å². The molecule has 1 aromatic heterocycles. The van der Waals surface area contributed by atoms with Crippen LogP contribution in [0.25, 0.3) is 0 Å². The normalized spacial score (nSPS) is 20.6. The van der Waals surface area contributed by atoms with Gasteiger partial charge >= 0.3 is 0 Å². The summed E-state index contributed by atoms with van der Waals surface area (Å²) < 4.78 is 2.03. The van der Waals surface area contributed by atoms with Crippen molar-refractivity contribution in [1.82, 2.24) is 14.9 Å². The van der Waals surface area contributed by atoms with Crippen LogP contribution in [-0.4, -0.2) is 27.3 Å². The van der Waals surface area contributed by atoms with Crippen LogP contribution in [0.2, 0.25) is 0 Å². The van der Waals surface area contributed by atoms with Crippen molar-refractivity contribution in [3.05, 3.63) is 17.7 Å². The van der Waals surface area contributed by atoms with E-state index in [1.54, 1.807) is 0 Å². The molecule has 74 valence electrons. The molecule has 1 unspecified atom stereocenters. The number of nitrogens with one attached hydrogen (secondary N) is 1. The maximum atomic E-state index is 8.95. The van der Waals surface area contributed by atoms with Crippen molar-refractivity contribution < 1.29 is 5.11 Å². The van der Waals surface area contributed by atoms with Crippen LogP contribution in [0.4, 0.5) is 0 Å². The molecule has 1 atom stereocenters. The van der Waals surface area contributed by atoms with E-state index in [0.717, 1.165) is 18.7 Å². The highest BCUT2D eigenvalue weighted by molar-refractivity contribution is 5.85. The number of aromatic nitrogens is 2. The van der Waals surface area contributed by atoms with E-state index >= 15 is 0 Å². The maximum absolute atomic E-state index is 8.95. The molecule has 1 aliphatic heterocycles. The minimum atomic E-state index is 0. The van der Waals surface area contributed by atoms with E-state index in [2.05, 4.69) is 10.3 Å². The fourth-order valence-electron chi connectivity index (χ4n) is 1.59. The molecule has 0 radical (unpaired) electrons. The van der Waals surface area contributed by atoms with Crippen molar-refractivity contribution in [2.24, 2.45) is 7.05 Å². The van der Waals surface area contributed by atoms with Crippen molar-refractivity contribution in [1.29, 1.82) is 0 Å². The second kappa shape index (κ2) is 4.09. The number of aryl methyl sites for hydroxylation is 1. The number of imidazole rings is 1. The average molecular weight is 204 g/mol. The van der Waals surface area contributed by atoms with Gasteiger partial charge in [-0.2, -0.15) is 0 Å². The average Bonchev–Trinajstić information content (AvgIpc) is 2.47. The van der Waals surface area contributed by atoms with Gasteiger partial charge in [0.2, 0.25) is 0 Å². The van der Waals surface area contributed by atoms with E-state index in [1.807, 2.05) is 17.9 Å². The lowest BCUT2D eigenvalue weighted by molar-refractivity contribution is 0.233. The van der Waals surface area contributed by atoms with Gasteiger partial charge in [-0.3, -0.25) is 0 Å². The lowest BCUT2D eigenvalue weighted by Crippen LogP contribution is -2.38. The maximum Gasteiger partial charge on any atom is 0.0949 e. The van der Waals surface area contributed by atoms with Crippen LogP contribution in [0.15, 0.2) is 6.33 Å². The van der Waals surface area contributed by atoms with Gasteiger partial charge < -0.3 is 15.0 Å². The number of hydrogen-bond acceptors (Lipinski definition) is 3. The van der Waals surface area contributed by atoms with Gasteiger partial charge in [-0.25, -0.2) is 4.98 Å². The van der Waals surface area contributed by atoms with Gasteiger partial charge in [-0.05, 0) is 0 Å². The molecule has 0 saturated carbocycles. The van der Waals surface area contributed by atoms with E-state index < -0.39 is 0 Å². The number of halogens is 1. The Morgan fingerprint density at radius 3 is 3.23 bits per heavy atom. The molecule has 2 heterocycles. The van der Waals surface area contributed by atoms with E-state index in [0.29, 0.717) is 0 Å². The van der Waals surface area contributed by atoms with Crippen LogP contribution in [0.1, 0.15) is 11.4 Å². The molecule has 1 aromatic rings. The monoisotopic (exact) mass is 203 g/mol. The molecule has 13 heavy (non-hydrogen) atoms. The molecule has 5 heteroatoms. The topological polar surface area (TPSA) is 50.1 Å². The first-order valence-corrected chi connectivity index (χ1v) is 4.14. The summed E-state index contributed by atoms with van der Waals surface area (Å²) in [7, 11) is 1.99. The highest BCUT2D eigenvalue weighted by Crippen LogP contribution is 2.13.